The predicted octanol–water partition coefficient (Wildman–Crippen LogP) is 2.67. The van der Waals surface area contributed by atoms with Crippen LogP contribution in [0.4, 0.5) is 0 Å². The van der Waals surface area contributed by atoms with Gasteiger partial charge in [0.05, 0.1) is 20.3 Å². The van der Waals surface area contributed by atoms with Crippen LogP contribution in [-0.4, -0.2) is 49.7 Å². The highest BCUT2D eigenvalue weighted by Gasteiger charge is 2.16. The lowest BCUT2D eigenvalue weighted by molar-refractivity contribution is 0.0270. The van der Waals surface area contributed by atoms with Gasteiger partial charge in [-0.15, -0.1) is 0 Å². The molecule has 2 aromatic carbocycles. The fourth-order valence-electron chi connectivity index (χ4n) is 2.27. The summed E-state index contributed by atoms with van der Waals surface area (Å²) in [5.41, 5.74) is 0.465. The summed E-state index contributed by atoms with van der Waals surface area (Å²) in [7, 11) is 1.60. The summed E-state index contributed by atoms with van der Waals surface area (Å²) in [5.74, 6) is 0.362. The zero-order valence-corrected chi connectivity index (χ0v) is 14.7. The largest absolute Gasteiger partial charge is 0.508 e. The molecule has 0 fully saturated rings. The summed E-state index contributed by atoms with van der Waals surface area (Å²) >= 11 is 0. The number of hydrogen-bond donors (Lipinski definition) is 2. The van der Waals surface area contributed by atoms with Crippen LogP contribution in [0.1, 0.15) is 15.9 Å². The van der Waals surface area contributed by atoms with Crippen molar-refractivity contribution in [3.05, 3.63) is 47.5 Å². The Labute approximate surface area is 151 Å². The van der Waals surface area contributed by atoms with E-state index in [0.717, 1.165) is 11.8 Å². The summed E-state index contributed by atoms with van der Waals surface area (Å²) < 4.78 is 21.0. The number of benzene rings is 2. The van der Waals surface area contributed by atoms with Crippen molar-refractivity contribution in [1.82, 2.24) is 0 Å². The number of carbonyl (C=O) groups excluding carboxylic acids is 1. The Balaban J connectivity index is 1.64. The number of hydrogen-bond acceptors (Lipinski definition) is 7. The van der Waals surface area contributed by atoms with Crippen LogP contribution in [-0.2, 0) is 9.47 Å². The number of phenols is 2. The number of rotatable bonds is 9. The van der Waals surface area contributed by atoms with Gasteiger partial charge in [-0.25, -0.2) is 4.79 Å². The van der Waals surface area contributed by atoms with Crippen LogP contribution in [0, 0.1) is 6.92 Å². The molecule has 0 bridgehead atoms. The van der Waals surface area contributed by atoms with Gasteiger partial charge in [-0.3, -0.25) is 0 Å². The van der Waals surface area contributed by atoms with Crippen LogP contribution in [0.5, 0.6) is 23.0 Å². The maximum Gasteiger partial charge on any atom is 0.342 e. The molecule has 140 valence electrons. The Hall–Kier alpha value is -2.93. The van der Waals surface area contributed by atoms with Gasteiger partial charge in [0, 0.05) is 6.07 Å². The van der Waals surface area contributed by atoms with E-state index in [-0.39, 0.29) is 30.3 Å². The molecule has 0 unspecified atom stereocenters. The van der Waals surface area contributed by atoms with Crippen molar-refractivity contribution in [3.8, 4) is 23.0 Å². The highest BCUT2D eigenvalue weighted by molar-refractivity contribution is 5.94. The summed E-state index contributed by atoms with van der Waals surface area (Å²) in [6.07, 6.45) is 0. The molecule has 2 N–H and O–H groups in total. The van der Waals surface area contributed by atoms with E-state index in [2.05, 4.69) is 0 Å². The molecule has 0 aliphatic heterocycles. The van der Waals surface area contributed by atoms with E-state index in [1.54, 1.807) is 38.3 Å². The number of ether oxygens (including phenoxy) is 4. The molecule has 0 aliphatic carbocycles. The smallest absolute Gasteiger partial charge is 0.342 e. The highest BCUT2D eigenvalue weighted by atomic mass is 16.6. The number of phenolic OH excluding ortho intramolecular Hbond substituents is 2. The van der Waals surface area contributed by atoms with E-state index in [1.165, 1.54) is 6.07 Å². The Morgan fingerprint density at radius 2 is 1.62 bits per heavy atom. The van der Waals surface area contributed by atoms with Crippen molar-refractivity contribution in [2.45, 2.75) is 6.92 Å². The van der Waals surface area contributed by atoms with Crippen molar-refractivity contribution in [3.63, 3.8) is 0 Å². The molecule has 0 spiro atoms. The van der Waals surface area contributed by atoms with Gasteiger partial charge in [0.1, 0.15) is 41.8 Å². The number of aromatic hydroxyl groups is 2. The lowest BCUT2D eigenvalue weighted by Crippen LogP contribution is -2.14. The summed E-state index contributed by atoms with van der Waals surface area (Å²) in [6.45, 7) is 2.55. The maximum absolute atomic E-state index is 12.0. The van der Waals surface area contributed by atoms with Gasteiger partial charge in [0.15, 0.2) is 0 Å². The van der Waals surface area contributed by atoms with Gasteiger partial charge in [-0.05, 0) is 42.8 Å². The molecule has 7 nitrogen and oxygen atoms in total. The molecule has 2 aromatic rings. The number of esters is 1. The maximum atomic E-state index is 12.0. The SMILES string of the molecule is COc1ccc(OCCOCCOC(=O)c2c(C)cc(O)cc2O)cc1. The third-order valence-corrected chi connectivity index (χ3v) is 3.52. The van der Waals surface area contributed by atoms with E-state index in [1.807, 2.05) is 0 Å². The van der Waals surface area contributed by atoms with Crippen LogP contribution >= 0.6 is 0 Å². The van der Waals surface area contributed by atoms with Crippen molar-refractivity contribution < 1.29 is 34.0 Å². The summed E-state index contributed by atoms with van der Waals surface area (Å²) in [4.78, 5) is 12.0. The minimum Gasteiger partial charge on any atom is -0.508 e. The van der Waals surface area contributed by atoms with E-state index >= 15 is 0 Å². The van der Waals surface area contributed by atoms with Crippen LogP contribution in [0.3, 0.4) is 0 Å². The van der Waals surface area contributed by atoms with Crippen molar-refractivity contribution in [2.75, 3.05) is 33.5 Å². The molecule has 0 heterocycles. The van der Waals surface area contributed by atoms with Crippen LogP contribution in [0.2, 0.25) is 0 Å². The van der Waals surface area contributed by atoms with Crippen LogP contribution < -0.4 is 9.47 Å². The first-order chi connectivity index (χ1) is 12.5. The molecule has 0 aromatic heterocycles. The van der Waals surface area contributed by atoms with Crippen molar-refractivity contribution in [2.24, 2.45) is 0 Å². The lowest BCUT2D eigenvalue weighted by atomic mass is 10.1. The molecule has 0 atom stereocenters. The second kappa shape index (κ2) is 9.53. The van der Waals surface area contributed by atoms with Crippen LogP contribution in [0.25, 0.3) is 0 Å². The van der Waals surface area contributed by atoms with Crippen molar-refractivity contribution >= 4 is 5.97 Å². The topological polar surface area (TPSA) is 94.5 Å². The normalized spacial score (nSPS) is 10.4. The number of aryl methyl sites for hydroxylation is 1. The zero-order chi connectivity index (χ0) is 18.9. The second-order valence-electron chi connectivity index (χ2n) is 5.43. The van der Waals surface area contributed by atoms with Crippen molar-refractivity contribution in [1.29, 1.82) is 0 Å². The molecule has 0 aliphatic rings. The van der Waals surface area contributed by atoms with Crippen LogP contribution in [0.15, 0.2) is 36.4 Å². The highest BCUT2D eigenvalue weighted by Crippen LogP contribution is 2.27. The molecule has 0 saturated carbocycles. The Kier molecular flexibility index (Phi) is 7.11. The van der Waals surface area contributed by atoms with Gasteiger partial charge >= 0.3 is 5.97 Å². The monoisotopic (exact) mass is 362 g/mol. The fraction of sp³-hybridized carbons (Fsp3) is 0.316. The Morgan fingerprint density at radius 3 is 2.27 bits per heavy atom. The Morgan fingerprint density at radius 1 is 0.962 bits per heavy atom. The average molecular weight is 362 g/mol. The van der Waals surface area contributed by atoms with Gasteiger partial charge in [0.2, 0.25) is 0 Å². The minimum atomic E-state index is -0.668. The van der Waals surface area contributed by atoms with Gasteiger partial charge < -0.3 is 29.2 Å². The first-order valence-corrected chi connectivity index (χ1v) is 8.05. The van der Waals surface area contributed by atoms with E-state index < -0.39 is 5.97 Å². The van der Waals surface area contributed by atoms with E-state index in [0.29, 0.717) is 24.5 Å². The lowest BCUT2D eigenvalue weighted by Gasteiger charge is -2.10. The van der Waals surface area contributed by atoms with E-state index in [4.69, 9.17) is 18.9 Å². The quantitative estimate of drug-likeness (QED) is 0.523. The second-order valence-corrected chi connectivity index (χ2v) is 5.43. The first kappa shape index (κ1) is 19.4. The standard InChI is InChI=1S/C19H22O7/c1-13-11-14(20)12-17(21)18(13)19(22)26-10-8-24-7-9-25-16-5-3-15(23-2)4-6-16/h3-6,11-12,20-21H,7-10H2,1-2H3. The first-order valence-electron chi connectivity index (χ1n) is 8.05. The van der Waals surface area contributed by atoms with E-state index in [9.17, 15) is 15.0 Å². The van der Waals surface area contributed by atoms with Gasteiger partial charge in [0.25, 0.3) is 0 Å². The summed E-state index contributed by atoms with van der Waals surface area (Å²) in [5, 5.41) is 19.1. The molecular weight excluding hydrogens is 340 g/mol. The average Bonchev–Trinajstić information content (AvgIpc) is 2.60. The number of methoxy groups -OCH3 is 1. The molecule has 7 heteroatoms. The molecular formula is C19H22O7. The third-order valence-electron chi connectivity index (χ3n) is 3.52. The fourth-order valence-corrected chi connectivity index (χ4v) is 2.27. The van der Waals surface area contributed by atoms with Gasteiger partial charge in [-0.1, -0.05) is 0 Å². The third kappa shape index (κ3) is 5.56. The molecule has 0 amide bonds. The molecule has 2 rings (SSSR count). The minimum absolute atomic E-state index is 0.0330. The molecule has 26 heavy (non-hydrogen) atoms. The number of carbonyl (C=O) groups is 1. The zero-order valence-electron chi connectivity index (χ0n) is 14.7. The molecule has 0 radical (unpaired) electrons. The predicted molar refractivity (Wildman–Crippen MR) is 94.1 cm³/mol. The molecule has 0 saturated heterocycles. The Bertz CT molecular complexity index is 702. The summed E-state index contributed by atoms with van der Waals surface area (Å²) in [6, 6.07) is 9.67. The van der Waals surface area contributed by atoms with Gasteiger partial charge in [-0.2, -0.15) is 0 Å².